The molecule has 0 aliphatic heterocycles. The molecule has 0 spiro atoms. The predicted molar refractivity (Wildman–Crippen MR) is 69.2 cm³/mol. The summed E-state index contributed by atoms with van der Waals surface area (Å²) in [5.74, 6) is -0.306. The number of halogens is 1. The highest BCUT2D eigenvalue weighted by molar-refractivity contribution is 7.80. The zero-order valence-electron chi connectivity index (χ0n) is 9.46. The van der Waals surface area contributed by atoms with Gasteiger partial charge in [-0.2, -0.15) is 0 Å². The average Bonchev–Trinajstić information content (AvgIpc) is 2.21. The molecule has 0 amide bonds. The molecule has 0 aromatic heterocycles. The Bertz CT molecular complexity index is 355. The first-order valence-electron chi connectivity index (χ1n) is 5.03. The SMILES string of the molecule is CN(C)CCNC(=S)Nc1ccccc1F. The van der Waals surface area contributed by atoms with E-state index in [2.05, 4.69) is 10.6 Å². The number of benzene rings is 1. The number of para-hydroxylation sites is 1. The van der Waals surface area contributed by atoms with Crippen LogP contribution in [0.4, 0.5) is 10.1 Å². The van der Waals surface area contributed by atoms with Crippen LogP contribution < -0.4 is 10.6 Å². The first-order valence-corrected chi connectivity index (χ1v) is 5.44. The molecule has 0 saturated carbocycles. The molecule has 5 heteroatoms. The van der Waals surface area contributed by atoms with Crippen molar-refractivity contribution in [2.45, 2.75) is 0 Å². The van der Waals surface area contributed by atoms with Gasteiger partial charge in [0.15, 0.2) is 5.11 Å². The third-order valence-corrected chi connectivity index (χ3v) is 2.21. The van der Waals surface area contributed by atoms with Gasteiger partial charge in [0.1, 0.15) is 5.82 Å². The van der Waals surface area contributed by atoms with Gasteiger partial charge in [0, 0.05) is 13.1 Å². The van der Waals surface area contributed by atoms with E-state index in [-0.39, 0.29) is 5.82 Å². The minimum Gasteiger partial charge on any atom is -0.361 e. The Balaban J connectivity index is 2.37. The predicted octanol–water partition coefficient (Wildman–Crippen LogP) is 1.67. The summed E-state index contributed by atoms with van der Waals surface area (Å²) in [5.41, 5.74) is 0.393. The summed E-state index contributed by atoms with van der Waals surface area (Å²) >= 11 is 5.04. The molecule has 0 unspecified atom stereocenters. The van der Waals surface area contributed by atoms with Gasteiger partial charge in [-0.3, -0.25) is 0 Å². The standard InChI is InChI=1S/C11H16FN3S/c1-15(2)8-7-13-11(16)14-10-6-4-3-5-9(10)12/h3-6H,7-8H2,1-2H3,(H2,13,14,16). The van der Waals surface area contributed by atoms with Crippen molar-refractivity contribution in [3.05, 3.63) is 30.1 Å². The van der Waals surface area contributed by atoms with Crippen molar-refractivity contribution in [1.82, 2.24) is 10.2 Å². The maximum absolute atomic E-state index is 13.2. The number of nitrogens with zero attached hydrogens (tertiary/aromatic N) is 1. The van der Waals surface area contributed by atoms with Gasteiger partial charge in [0.2, 0.25) is 0 Å². The molecule has 1 aromatic rings. The van der Waals surface area contributed by atoms with Crippen LogP contribution in [-0.4, -0.2) is 37.2 Å². The second kappa shape index (κ2) is 6.40. The van der Waals surface area contributed by atoms with E-state index in [9.17, 15) is 4.39 Å². The second-order valence-corrected chi connectivity index (χ2v) is 4.07. The van der Waals surface area contributed by atoms with Crippen LogP contribution in [0.15, 0.2) is 24.3 Å². The summed E-state index contributed by atoms with van der Waals surface area (Å²) < 4.78 is 13.2. The summed E-state index contributed by atoms with van der Waals surface area (Å²) in [6, 6.07) is 6.44. The Morgan fingerprint density at radius 2 is 2.06 bits per heavy atom. The fraction of sp³-hybridized carbons (Fsp3) is 0.364. The van der Waals surface area contributed by atoms with E-state index in [4.69, 9.17) is 12.2 Å². The Labute approximate surface area is 101 Å². The molecule has 3 nitrogen and oxygen atoms in total. The van der Waals surface area contributed by atoms with Gasteiger partial charge in [-0.1, -0.05) is 12.1 Å². The van der Waals surface area contributed by atoms with Gasteiger partial charge in [-0.05, 0) is 38.4 Å². The van der Waals surface area contributed by atoms with E-state index in [1.54, 1.807) is 18.2 Å². The molecule has 0 fully saturated rings. The Hall–Kier alpha value is -1.20. The van der Waals surface area contributed by atoms with Crippen molar-refractivity contribution < 1.29 is 4.39 Å². The first kappa shape index (κ1) is 12.9. The molecule has 1 rings (SSSR count). The van der Waals surface area contributed by atoms with E-state index < -0.39 is 0 Å². The summed E-state index contributed by atoms with van der Waals surface area (Å²) in [6.45, 7) is 1.60. The number of hydrogen-bond acceptors (Lipinski definition) is 2. The molecule has 0 aliphatic carbocycles. The van der Waals surface area contributed by atoms with E-state index in [1.165, 1.54) is 6.07 Å². The lowest BCUT2D eigenvalue weighted by Gasteiger charge is -2.13. The van der Waals surface area contributed by atoms with Gasteiger partial charge in [0.25, 0.3) is 0 Å². The second-order valence-electron chi connectivity index (χ2n) is 3.66. The van der Waals surface area contributed by atoms with Crippen LogP contribution in [0.2, 0.25) is 0 Å². The minimum atomic E-state index is -0.306. The number of rotatable bonds is 4. The third kappa shape index (κ3) is 4.55. The normalized spacial score (nSPS) is 10.2. The highest BCUT2D eigenvalue weighted by atomic mass is 32.1. The molecular weight excluding hydrogens is 225 g/mol. The summed E-state index contributed by atoms with van der Waals surface area (Å²) in [6.07, 6.45) is 0. The van der Waals surface area contributed by atoms with Gasteiger partial charge in [-0.15, -0.1) is 0 Å². The highest BCUT2D eigenvalue weighted by Gasteiger charge is 2.02. The minimum absolute atomic E-state index is 0.306. The van der Waals surface area contributed by atoms with Gasteiger partial charge >= 0.3 is 0 Å². The summed E-state index contributed by atoms with van der Waals surface area (Å²) in [5, 5.41) is 6.25. The summed E-state index contributed by atoms with van der Waals surface area (Å²) in [7, 11) is 3.96. The fourth-order valence-electron chi connectivity index (χ4n) is 1.12. The smallest absolute Gasteiger partial charge is 0.170 e. The van der Waals surface area contributed by atoms with E-state index in [0.717, 1.165) is 13.1 Å². The molecular formula is C11H16FN3S. The third-order valence-electron chi connectivity index (χ3n) is 1.97. The van der Waals surface area contributed by atoms with E-state index in [1.807, 2.05) is 19.0 Å². The topological polar surface area (TPSA) is 27.3 Å². The van der Waals surface area contributed by atoms with E-state index >= 15 is 0 Å². The zero-order chi connectivity index (χ0) is 12.0. The summed E-state index contributed by atoms with van der Waals surface area (Å²) in [4.78, 5) is 2.04. The van der Waals surface area contributed by atoms with E-state index in [0.29, 0.717) is 10.8 Å². The van der Waals surface area contributed by atoms with Gasteiger partial charge in [-0.25, -0.2) is 4.39 Å². The maximum atomic E-state index is 13.2. The molecule has 0 saturated heterocycles. The Morgan fingerprint density at radius 3 is 2.69 bits per heavy atom. The van der Waals surface area contributed by atoms with Crippen LogP contribution in [0.1, 0.15) is 0 Å². The van der Waals surface area contributed by atoms with Crippen LogP contribution in [0.25, 0.3) is 0 Å². The number of nitrogens with one attached hydrogen (secondary N) is 2. The quantitative estimate of drug-likeness (QED) is 0.784. The highest BCUT2D eigenvalue weighted by Crippen LogP contribution is 2.11. The van der Waals surface area contributed by atoms with Crippen molar-refractivity contribution >= 4 is 23.0 Å². The molecule has 0 heterocycles. The lowest BCUT2D eigenvalue weighted by atomic mass is 10.3. The number of likely N-dealkylation sites (N-methyl/N-ethyl adjacent to an activating group) is 1. The van der Waals surface area contributed by atoms with Crippen LogP contribution in [0.3, 0.4) is 0 Å². The number of thiocarbonyl (C=S) groups is 1. The molecule has 0 radical (unpaired) electrons. The molecule has 16 heavy (non-hydrogen) atoms. The van der Waals surface area contributed by atoms with Crippen molar-refractivity contribution in [2.24, 2.45) is 0 Å². The Morgan fingerprint density at radius 1 is 1.38 bits per heavy atom. The molecule has 1 aromatic carbocycles. The lowest BCUT2D eigenvalue weighted by molar-refractivity contribution is 0.413. The van der Waals surface area contributed by atoms with Crippen molar-refractivity contribution in [2.75, 3.05) is 32.5 Å². The van der Waals surface area contributed by atoms with Gasteiger partial charge in [0.05, 0.1) is 5.69 Å². The van der Waals surface area contributed by atoms with Crippen molar-refractivity contribution in [3.8, 4) is 0 Å². The van der Waals surface area contributed by atoms with Crippen LogP contribution >= 0.6 is 12.2 Å². The Kier molecular flexibility index (Phi) is 5.14. The maximum Gasteiger partial charge on any atom is 0.170 e. The van der Waals surface area contributed by atoms with Gasteiger partial charge < -0.3 is 15.5 Å². The van der Waals surface area contributed by atoms with Crippen molar-refractivity contribution in [3.63, 3.8) is 0 Å². The molecule has 88 valence electrons. The van der Waals surface area contributed by atoms with Crippen LogP contribution in [0, 0.1) is 5.82 Å². The lowest BCUT2D eigenvalue weighted by Crippen LogP contribution is -2.34. The molecule has 0 bridgehead atoms. The zero-order valence-corrected chi connectivity index (χ0v) is 10.3. The van der Waals surface area contributed by atoms with Crippen LogP contribution in [-0.2, 0) is 0 Å². The van der Waals surface area contributed by atoms with Crippen LogP contribution in [0.5, 0.6) is 0 Å². The number of hydrogen-bond donors (Lipinski definition) is 2. The fourth-order valence-corrected chi connectivity index (χ4v) is 1.33. The largest absolute Gasteiger partial charge is 0.361 e. The average molecular weight is 241 g/mol. The molecule has 0 aliphatic rings. The van der Waals surface area contributed by atoms with Crippen molar-refractivity contribution in [1.29, 1.82) is 0 Å². The number of anilines is 1. The molecule has 0 atom stereocenters. The monoisotopic (exact) mass is 241 g/mol. The molecule has 2 N–H and O–H groups in total. The first-order chi connectivity index (χ1) is 7.59.